The Morgan fingerprint density at radius 3 is 2.56 bits per heavy atom. The van der Waals surface area contributed by atoms with Crippen LogP contribution in [0.3, 0.4) is 0 Å². The Bertz CT molecular complexity index is 288. The normalized spacial score (nSPS) is 18.4. The Balaban J connectivity index is 2.25. The molecule has 0 spiro atoms. The lowest BCUT2D eigenvalue weighted by molar-refractivity contribution is -0.143. The van der Waals surface area contributed by atoms with E-state index in [4.69, 9.17) is 9.84 Å². The lowest BCUT2D eigenvalue weighted by Gasteiger charge is -2.30. The van der Waals surface area contributed by atoms with E-state index in [0.717, 1.165) is 0 Å². The van der Waals surface area contributed by atoms with Gasteiger partial charge in [-0.05, 0) is 26.7 Å². The maximum atomic E-state index is 11.8. The number of likely N-dealkylation sites (tertiary alicyclic amines) is 1. The fraction of sp³-hybridized carbons (Fsp3) is 0.833. The molecule has 1 unspecified atom stereocenters. The molecule has 0 aromatic carbocycles. The van der Waals surface area contributed by atoms with Gasteiger partial charge in [0.05, 0.1) is 12.0 Å². The van der Waals surface area contributed by atoms with Gasteiger partial charge in [-0.25, -0.2) is 4.79 Å². The Morgan fingerprint density at radius 1 is 1.44 bits per heavy atom. The van der Waals surface area contributed by atoms with E-state index in [9.17, 15) is 9.59 Å². The molecule has 0 aromatic heterocycles. The second-order valence-corrected chi connectivity index (χ2v) is 4.55. The zero-order valence-electron chi connectivity index (χ0n) is 11.0. The van der Waals surface area contributed by atoms with Crippen molar-refractivity contribution in [3.63, 3.8) is 0 Å². The summed E-state index contributed by atoms with van der Waals surface area (Å²) in [5, 5.41) is 11.7. The van der Waals surface area contributed by atoms with Crippen LogP contribution in [0.2, 0.25) is 0 Å². The first-order valence-electron chi connectivity index (χ1n) is 6.41. The average molecular weight is 258 g/mol. The highest BCUT2D eigenvalue weighted by Crippen LogP contribution is 2.17. The van der Waals surface area contributed by atoms with Gasteiger partial charge in [0.25, 0.3) is 0 Å². The second kappa shape index (κ2) is 7.20. The number of hydrogen-bond donors (Lipinski definition) is 2. The zero-order valence-corrected chi connectivity index (χ0v) is 11.0. The summed E-state index contributed by atoms with van der Waals surface area (Å²) in [6.07, 6.45) is 1.06. The third-order valence-electron chi connectivity index (χ3n) is 3.12. The van der Waals surface area contributed by atoms with E-state index >= 15 is 0 Å². The van der Waals surface area contributed by atoms with Crippen molar-refractivity contribution in [2.75, 3.05) is 26.2 Å². The third kappa shape index (κ3) is 4.52. The minimum atomic E-state index is -0.764. The number of rotatable bonds is 5. The van der Waals surface area contributed by atoms with Crippen LogP contribution in [0.5, 0.6) is 0 Å². The Hall–Kier alpha value is -1.30. The predicted molar refractivity (Wildman–Crippen MR) is 66.4 cm³/mol. The van der Waals surface area contributed by atoms with Crippen molar-refractivity contribution in [2.24, 2.45) is 5.92 Å². The van der Waals surface area contributed by atoms with E-state index in [1.165, 1.54) is 0 Å². The van der Waals surface area contributed by atoms with Crippen LogP contribution in [0.25, 0.3) is 0 Å². The molecule has 1 atom stereocenters. The number of carbonyl (C=O) groups is 2. The number of carboxylic acids is 1. The van der Waals surface area contributed by atoms with E-state index in [1.807, 2.05) is 13.8 Å². The van der Waals surface area contributed by atoms with Gasteiger partial charge in [-0.3, -0.25) is 4.79 Å². The number of amides is 2. The van der Waals surface area contributed by atoms with Crippen LogP contribution in [0.15, 0.2) is 0 Å². The standard InChI is InChI=1S/C12H22N2O4/c1-3-18-9(2)8-13-12(17)14-6-4-10(5-7-14)11(15)16/h9-10H,3-8H2,1-2H3,(H,13,17)(H,15,16). The summed E-state index contributed by atoms with van der Waals surface area (Å²) >= 11 is 0. The molecule has 1 saturated heterocycles. The van der Waals surface area contributed by atoms with Crippen LogP contribution in [0, 0.1) is 5.92 Å². The van der Waals surface area contributed by atoms with Crippen molar-refractivity contribution in [1.82, 2.24) is 10.2 Å². The molecule has 18 heavy (non-hydrogen) atoms. The molecule has 2 N–H and O–H groups in total. The monoisotopic (exact) mass is 258 g/mol. The van der Waals surface area contributed by atoms with Gasteiger partial charge in [0, 0.05) is 26.2 Å². The van der Waals surface area contributed by atoms with Gasteiger partial charge >= 0.3 is 12.0 Å². The molecule has 1 aliphatic rings. The van der Waals surface area contributed by atoms with Gasteiger partial charge in [0.2, 0.25) is 0 Å². The van der Waals surface area contributed by atoms with Gasteiger partial charge in [-0.1, -0.05) is 0 Å². The number of carboxylic acid groups (broad SMARTS) is 1. The van der Waals surface area contributed by atoms with Crippen LogP contribution in [0.1, 0.15) is 26.7 Å². The Labute approximate surface area is 107 Å². The SMILES string of the molecule is CCOC(C)CNC(=O)N1CCC(C(=O)O)CC1. The van der Waals surface area contributed by atoms with Crippen molar-refractivity contribution >= 4 is 12.0 Å². The molecule has 1 rings (SSSR count). The van der Waals surface area contributed by atoms with Gasteiger partial charge in [-0.15, -0.1) is 0 Å². The summed E-state index contributed by atoms with van der Waals surface area (Å²) in [6, 6.07) is -0.134. The van der Waals surface area contributed by atoms with Crippen molar-refractivity contribution in [3.05, 3.63) is 0 Å². The number of piperidine rings is 1. The topological polar surface area (TPSA) is 78.9 Å². The largest absolute Gasteiger partial charge is 0.481 e. The van der Waals surface area contributed by atoms with E-state index < -0.39 is 5.97 Å². The van der Waals surface area contributed by atoms with Crippen LogP contribution < -0.4 is 5.32 Å². The molecule has 6 heteroatoms. The molecule has 0 radical (unpaired) electrons. The maximum absolute atomic E-state index is 11.8. The molecule has 1 aliphatic heterocycles. The summed E-state index contributed by atoms with van der Waals surface area (Å²) in [5.41, 5.74) is 0. The van der Waals surface area contributed by atoms with Crippen molar-refractivity contribution < 1.29 is 19.4 Å². The highest BCUT2D eigenvalue weighted by atomic mass is 16.5. The minimum absolute atomic E-state index is 0.00416. The fourth-order valence-corrected chi connectivity index (χ4v) is 2.02. The summed E-state index contributed by atoms with van der Waals surface area (Å²) in [7, 11) is 0. The first kappa shape index (κ1) is 14.8. The quantitative estimate of drug-likeness (QED) is 0.768. The van der Waals surface area contributed by atoms with Crippen LogP contribution in [0.4, 0.5) is 4.79 Å². The minimum Gasteiger partial charge on any atom is -0.481 e. The van der Waals surface area contributed by atoms with Crippen LogP contribution in [-0.2, 0) is 9.53 Å². The van der Waals surface area contributed by atoms with Gasteiger partial charge in [-0.2, -0.15) is 0 Å². The molecule has 104 valence electrons. The Kier molecular flexibility index (Phi) is 5.91. The summed E-state index contributed by atoms with van der Waals surface area (Å²) < 4.78 is 5.32. The Morgan fingerprint density at radius 2 is 2.06 bits per heavy atom. The summed E-state index contributed by atoms with van der Waals surface area (Å²) in [5.74, 6) is -1.07. The number of nitrogens with zero attached hydrogens (tertiary/aromatic N) is 1. The second-order valence-electron chi connectivity index (χ2n) is 4.55. The van der Waals surface area contributed by atoms with E-state index in [2.05, 4.69) is 5.32 Å². The van der Waals surface area contributed by atoms with Gasteiger partial charge < -0.3 is 20.1 Å². The molecule has 0 aliphatic carbocycles. The molecule has 0 bridgehead atoms. The smallest absolute Gasteiger partial charge is 0.317 e. The van der Waals surface area contributed by atoms with Crippen molar-refractivity contribution in [2.45, 2.75) is 32.8 Å². The van der Waals surface area contributed by atoms with E-state index in [1.54, 1.807) is 4.90 Å². The van der Waals surface area contributed by atoms with Gasteiger partial charge in [0.1, 0.15) is 0 Å². The molecule has 6 nitrogen and oxygen atoms in total. The van der Waals surface area contributed by atoms with Crippen LogP contribution in [-0.4, -0.2) is 54.4 Å². The molecular formula is C12H22N2O4. The first-order chi connectivity index (χ1) is 8.54. The number of ether oxygens (including phenoxy) is 1. The average Bonchev–Trinajstić information content (AvgIpc) is 2.36. The number of hydrogen-bond acceptors (Lipinski definition) is 3. The fourth-order valence-electron chi connectivity index (χ4n) is 2.02. The molecule has 0 saturated carbocycles. The highest BCUT2D eigenvalue weighted by molar-refractivity contribution is 5.75. The van der Waals surface area contributed by atoms with Gasteiger partial charge in [0.15, 0.2) is 0 Å². The molecule has 1 fully saturated rings. The number of carbonyl (C=O) groups excluding carboxylic acids is 1. The maximum Gasteiger partial charge on any atom is 0.317 e. The summed E-state index contributed by atoms with van der Waals surface area (Å²) in [4.78, 5) is 24.2. The summed E-state index contributed by atoms with van der Waals surface area (Å²) in [6.45, 7) is 5.93. The van der Waals surface area contributed by atoms with Crippen molar-refractivity contribution in [1.29, 1.82) is 0 Å². The predicted octanol–water partition coefficient (Wildman–Crippen LogP) is 0.918. The number of urea groups is 1. The van der Waals surface area contributed by atoms with Crippen LogP contribution >= 0.6 is 0 Å². The lowest BCUT2D eigenvalue weighted by atomic mass is 9.97. The molecular weight excluding hydrogens is 236 g/mol. The number of nitrogens with one attached hydrogen (secondary N) is 1. The highest BCUT2D eigenvalue weighted by Gasteiger charge is 2.26. The molecule has 2 amide bonds. The lowest BCUT2D eigenvalue weighted by Crippen LogP contribution is -2.47. The molecule has 1 heterocycles. The van der Waals surface area contributed by atoms with E-state index in [0.29, 0.717) is 39.1 Å². The zero-order chi connectivity index (χ0) is 13.5. The number of aliphatic carboxylic acids is 1. The van der Waals surface area contributed by atoms with E-state index in [-0.39, 0.29) is 18.1 Å². The van der Waals surface area contributed by atoms with Crippen molar-refractivity contribution in [3.8, 4) is 0 Å². The first-order valence-corrected chi connectivity index (χ1v) is 6.41. The molecule has 0 aromatic rings. The third-order valence-corrected chi connectivity index (χ3v) is 3.12.